The first kappa shape index (κ1) is 19.5. The monoisotopic (exact) mass is 440 g/mol. The summed E-state index contributed by atoms with van der Waals surface area (Å²) in [5.41, 5.74) is 1.17. The number of sulfone groups is 1. The van der Waals surface area contributed by atoms with Gasteiger partial charge in [-0.05, 0) is 36.4 Å². The smallest absolute Gasteiger partial charge is 0.164 e. The molecule has 4 rings (SSSR count). The molecule has 2 aromatic rings. The van der Waals surface area contributed by atoms with Crippen LogP contribution in [0.5, 0.6) is 5.75 Å². The summed E-state index contributed by atoms with van der Waals surface area (Å²) in [6.45, 7) is 0.190. The molecule has 0 aliphatic carbocycles. The van der Waals surface area contributed by atoms with Crippen molar-refractivity contribution < 1.29 is 17.5 Å². The molecule has 9 heteroatoms. The van der Waals surface area contributed by atoms with Crippen LogP contribution in [0.4, 0.5) is 10.1 Å². The maximum atomic E-state index is 14.4. The van der Waals surface area contributed by atoms with Crippen molar-refractivity contribution in [1.29, 1.82) is 0 Å². The van der Waals surface area contributed by atoms with E-state index in [1.165, 1.54) is 17.8 Å². The molecule has 2 aliphatic heterocycles. The van der Waals surface area contributed by atoms with Crippen LogP contribution in [-0.2, 0) is 16.4 Å². The summed E-state index contributed by atoms with van der Waals surface area (Å²) < 4.78 is 43.3. The molecule has 1 fully saturated rings. The lowest BCUT2D eigenvalue weighted by molar-refractivity contribution is 0.415. The highest BCUT2D eigenvalue weighted by atomic mass is 35.5. The van der Waals surface area contributed by atoms with E-state index in [-0.39, 0.29) is 29.3 Å². The van der Waals surface area contributed by atoms with E-state index in [9.17, 15) is 12.8 Å². The third kappa shape index (κ3) is 3.86. The largest absolute Gasteiger partial charge is 0.497 e. The van der Waals surface area contributed by atoms with Crippen molar-refractivity contribution in [2.24, 2.45) is 4.99 Å². The molecule has 0 N–H and O–H groups in total. The van der Waals surface area contributed by atoms with Crippen LogP contribution in [0.25, 0.3) is 0 Å². The Hall–Kier alpha value is -1.77. The number of amidine groups is 1. The second kappa shape index (κ2) is 7.57. The molecule has 0 spiro atoms. The maximum Gasteiger partial charge on any atom is 0.164 e. The predicted octanol–water partition coefficient (Wildman–Crippen LogP) is 3.76. The number of halogens is 2. The molecule has 0 saturated carbocycles. The van der Waals surface area contributed by atoms with Crippen molar-refractivity contribution in [3.63, 3.8) is 0 Å². The van der Waals surface area contributed by atoms with Crippen molar-refractivity contribution in [1.82, 2.24) is 0 Å². The van der Waals surface area contributed by atoms with Crippen LogP contribution in [0.3, 0.4) is 0 Å². The summed E-state index contributed by atoms with van der Waals surface area (Å²) in [6.07, 6.45) is 0. The number of fused-ring (bicyclic) bond motifs is 1. The second-order valence-corrected chi connectivity index (χ2v) is 10.5. The van der Waals surface area contributed by atoms with Gasteiger partial charge in [0.25, 0.3) is 0 Å². The molecular formula is C19H18ClFN2O3S2. The Morgan fingerprint density at radius 1 is 1.25 bits per heavy atom. The third-order valence-electron chi connectivity index (χ3n) is 4.80. The Kier molecular flexibility index (Phi) is 5.28. The fourth-order valence-electron chi connectivity index (χ4n) is 3.34. The molecule has 0 bridgehead atoms. The van der Waals surface area contributed by atoms with Gasteiger partial charge in [0, 0.05) is 21.5 Å². The standard InChI is InChI=1S/C19H18ClFN2O3S2/c1-26-13-7-5-12(6-8-13)23(9-14-15(20)3-2-4-16(14)21)19-22-17-10-28(24,25)11-18(17)27-19/h2-8,17-18H,9-11H2,1H3/t17-,18-/m0/s1. The first-order valence-electron chi connectivity index (χ1n) is 8.65. The Labute approximate surface area is 172 Å². The molecule has 0 radical (unpaired) electrons. The number of ether oxygens (including phenoxy) is 1. The summed E-state index contributed by atoms with van der Waals surface area (Å²) in [4.78, 5) is 6.52. The minimum absolute atomic E-state index is 0.0606. The van der Waals surface area contributed by atoms with Crippen LogP contribution in [0.15, 0.2) is 47.5 Å². The van der Waals surface area contributed by atoms with Gasteiger partial charge in [0.1, 0.15) is 11.6 Å². The lowest BCUT2D eigenvalue weighted by Gasteiger charge is -2.25. The highest BCUT2D eigenvalue weighted by Crippen LogP contribution is 2.38. The van der Waals surface area contributed by atoms with Crippen LogP contribution >= 0.6 is 23.4 Å². The number of rotatable bonds is 4. The van der Waals surface area contributed by atoms with Crippen LogP contribution in [0, 0.1) is 5.82 Å². The van der Waals surface area contributed by atoms with Gasteiger partial charge in [0.15, 0.2) is 15.0 Å². The van der Waals surface area contributed by atoms with Gasteiger partial charge in [-0.1, -0.05) is 29.4 Å². The van der Waals surface area contributed by atoms with Gasteiger partial charge in [-0.25, -0.2) is 12.8 Å². The quantitative estimate of drug-likeness (QED) is 0.724. The van der Waals surface area contributed by atoms with E-state index in [1.807, 2.05) is 29.2 Å². The van der Waals surface area contributed by atoms with Gasteiger partial charge < -0.3 is 9.64 Å². The summed E-state index contributed by atoms with van der Waals surface area (Å²) in [6, 6.07) is 11.7. The van der Waals surface area contributed by atoms with Crippen LogP contribution in [-0.4, -0.2) is 43.5 Å². The summed E-state index contributed by atoms with van der Waals surface area (Å²) in [7, 11) is -1.46. The molecule has 5 nitrogen and oxygen atoms in total. The number of nitrogens with zero attached hydrogens (tertiary/aromatic N) is 2. The van der Waals surface area contributed by atoms with Crippen LogP contribution in [0.2, 0.25) is 5.02 Å². The molecule has 0 amide bonds. The van der Waals surface area contributed by atoms with Gasteiger partial charge in [0.05, 0.1) is 31.2 Å². The zero-order valence-corrected chi connectivity index (χ0v) is 17.4. The molecule has 1 saturated heterocycles. The molecule has 0 unspecified atom stereocenters. The SMILES string of the molecule is COc1ccc(N(Cc2c(F)cccc2Cl)C2=N[C@H]3CS(=O)(=O)C[C@@H]3S2)cc1. The minimum atomic E-state index is -3.04. The minimum Gasteiger partial charge on any atom is -0.497 e. The maximum absolute atomic E-state index is 14.4. The Morgan fingerprint density at radius 3 is 2.64 bits per heavy atom. The van der Waals surface area contributed by atoms with Crippen molar-refractivity contribution in [2.45, 2.75) is 17.8 Å². The van der Waals surface area contributed by atoms with E-state index in [2.05, 4.69) is 4.99 Å². The van der Waals surface area contributed by atoms with Crippen molar-refractivity contribution in [2.75, 3.05) is 23.5 Å². The van der Waals surface area contributed by atoms with E-state index in [4.69, 9.17) is 16.3 Å². The number of thioether (sulfide) groups is 1. The van der Waals surface area contributed by atoms with E-state index >= 15 is 0 Å². The second-order valence-electron chi connectivity index (χ2n) is 6.70. The van der Waals surface area contributed by atoms with Gasteiger partial charge in [-0.15, -0.1) is 0 Å². The Morgan fingerprint density at radius 2 is 2.00 bits per heavy atom. The fourth-order valence-corrected chi connectivity index (χ4v) is 7.35. The number of aliphatic imine (C=N–C) groups is 1. The van der Waals surface area contributed by atoms with Gasteiger partial charge >= 0.3 is 0 Å². The van der Waals surface area contributed by atoms with Crippen molar-refractivity contribution in [3.05, 3.63) is 58.9 Å². The van der Waals surface area contributed by atoms with Gasteiger partial charge in [0.2, 0.25) is 0 Å². The molecular weight excluding hydrogens is 423 g/mol. The fraction of sp³-hybridized carbons (Fsp3) is 0.316. The summed E-state index contributed by atoms with van der Waals surface area (Å²) in [5, 5.41) is 0.913. The van der Waals surface area contributed by atoms with E-state index in [0.29, 0.717) is 21.5 Å². The normalized spacial score (nSPS) is 22.6. The highest BCUT2D eigenvalue weighted by Gasteiger charge is 2.44. The molecule has 2 heterocycles. The third-order valence-corrected chi connectivity index (χ3v) is 8.40. The molecule has 2 atom stereocenters. The molecule has 2 aliphatic rings. The first-order valence-corrected chi connectivity index (χ1v) is 11.7. The number of hydrogen-bond acceptors (Lipinski definition) is 6. The van der Waals surface area contributed by atoms with E-state index in [0.717, 1.165) is 5.69 Å². The average Bonchev–Trinajstić information content (AvgIpc) is 3.15. The molecule has 0 aromatic heterocycles. The molecule has 28 heavy (non-hydrogen) atoms. The lowest BCUT2D eigenvalue weighted by Crippen LogP contribution is -2.28. The van der Waals surface area contributed by atoms with Gasteiger partial charge in [-0.2, -0.15) is 0 Å². The number of anilines is 1. The molecule has 2 aromatic carbocycles. The lowest BCUT2D eigenvalue weighted by atomic mass is 10.2. The zero-order valence-electron chi connectivity index (χ0n) is 15.0. The zero-order chi connectivity index (χ0) is 19.9. The molecule has 148 valence electrons. The van der Waals surface area contributed by atoms with Gasteiger partial charge in [-0.3, -0.25) is 4.99 Å². The van der Waals surface area contributed by atoms with Crippen LogP contribution < -0.4 is 9.64 Å². The van der Waals surface area contributed by atoms with E-state index in [1.54, 1.807) is 19.2 Å². The average molecular weight is 441 g/mol. The number of hydrogen-bond donors (Lipinski definition) is 0. The van der Waals surface area contributed by atoms with Crippen molar-refractivity contribution >= 4 is 44.1 Å². The predicted molar refractivity (Wildman–Crippen MR) is 112 cm³/mol. The topological polar surface area (TPSA) is 59.0 Å². The van der Waals surface area contributed by atoms with E-state index < -0.39 is 15.7 Å². The van der Waals surface area contributed by atoms with Crippen molar-refractivity contribution in [3.8, 4) is 5.75 Å². The first-order chi connectivity index (χ1) is 13.4. The summed E-state index contributed by atoms with van der Waals surface area (Å²) >= 11 is 7.66. The number of methoxy groups -OCH3 is 1. The Balaban J connectivity index is 1.70. The van der Waals surface area contributed by atoms with Crippen LogP contribution in [0.1, 0.15) is 5.56 Å². The number of benzene rings is 2. The Bertz CT molecular complexity index is 1010. The summed E-state index contributed by atoms with van der Waals surface area (Å²) in [5.74, 6) is 0.492. The highest BCUT2D eigenvalue weighted by molar-refractivity contribution is 8.15.